The summed E-state index contributed by atoms with van der Waals surface area (Å²) >= 11 is 0. The molecule has 0 radical (unpaired) electrons. The number of nitrogens with one attached hydrogen (secondary N) is 1. The summed E-state index contributed by atoms with van der Waals surface area (Å²) in [5.74, 6) is 1.18. The minimum atomic E-state index is -0.640. The first-order valence-electron chi connectivity index (χ1n) is 16.3. The second kappa shape index (κ2) is 13.3. The van der Waals surface area contributed by atoms with Gasteiger partial charge in [0.1, 0.15) is 5.76 Å². The molecule has 2 saturated heterocycles. The Labute approximate surface area is 256 Å². The molecule has 0 saturated carbocycles. The summed E-state index contributed by atoms with van der Waals surface area (Å²) < 4.78 is 5.33. The summed E-state index contributed by atoms with van der Waals surface area (Å²) in [6.45, 7) is 11.6. The van der Waals surface area contributed by atoms with E-state index in [2.05, 4.69) is 40.8 Å². The van der Waals surface area contributed by atoms with E-state index in [4.69, 9.17) is 4.74 Å². The number of carbonyl (C=O) groups excluding carboxylic acids is 3. The van der Waals surface area contributed by atoms with Crippen LogP contribution >= 0.6 is 0 Å². The molecule has 0 aliphatic carbocycles. The highest BCUT2D eigenvalue weighted by atomic mass is 16.5. The molecule has 238 valence electrons. The van der Waals surface area contributed by atoms with Crippen molar-refractivity contribution in [3.05, 3.63) is 35.4 Å². The molecule has 5 aliphatic heterocycles. The molecule has 5 aliphatic rings. The van der Waals surface area contributed by atoms with Crippen molar-refractivity contribution >= 4 is 17.7 Å². The van der Waals surface area contributed by atoms with Crippen molar-refractivity contribution in [1.29, 1.82) is 0 Å². The molecule has 5 rings (SSSR count). The Kier molecular flexibility index (Phi) is 9.73. The van der Waals surface area contributed by atoms with Crippen molar-refractivity contribution in [2.75, 3.05) is 33.3 Å². The first-order valence-corrected chi connectivity index (χ1v) is 16.3. The highest BCUT2D eigenvalue weighted by Gasteiger charge is 2.40. The van der Waals surface area contributed by atoms with Crippen LogP contribution in [0.4, 0.5) is 0 Å². The molecule has 1 unspecified atom stereocenters. The van der Waals surface area contributed by atoms with Gasteiger partial charge in [0, 0.05) is 99.2 Å². The van der Waals surface area contributed by atoms with Gasteiger partial charge in [-0.25, -0.2) is 0 Å². The lowest BCUT2D eigenvalue weighted by Crippen LogP contribution is -2.56. The molecule has 10 nitrogen and oxygen atoms in total. The highest BCUT2D eigenvalue weighted by Crippen LogP contribution is 2.33. The number of nitrogens with zero attached hydrogens (tertiary/aromatic N) is 4. The SMILES string of the molecule is COC1=CC(=O)N(C2CCN(C3=CC(=O)N(C4CCN(C5=CC(=O)N[C@H](CC(C)C)C5)CC4)[C@@H](C)C3)CC2)[C@@H](C(C)O)C1. The predicted octanol–water partition coefficient (Wildman–Crippen LogP) is 2.75. The first kappa shape index (κ1) is 31.4. The fraction of sp³-hybridized carbons (Fsp3) is 0.727. The van der Waals surface area contributed by atoms with E-state index in [-0.39, 0.29) is 47.9 Å². The zero-order valence-corrected chi connectivity index (χ0v) is 26.6. The summed E-state index contributed by atoms with van der Waals surface area (Å²) in [4.78, 5) is 47.4. The van der Waals surface area contributed by atoms with E-state index in [1.54, 1.807) is 26.2 Å². The number of ether oxygens (including phenoxy) is 1. The van der Waals surface area contributed by atoms with Crippen molar-refractivity contribution in [3.63, 3.8) is 0 Å². The van der Waals surface area contributed by atoms with Crippen LogP contribution in [0.5, 0.6) is 0 Å². The molecule has 2 N–H and O–H groups in total. The molecule has 5 heterocycles. The van der Waals surface area contributed by atoms with Gasteiger partial charge in [-0.15, -0.1) is 0 Å². The number of aliphatic hydroxyl groups is 1. The molecule has 43 heavy (non-hydrogen) atoms. The average molecular weight is 598 g/mol. The van der Waals surface area contributed by atoms with Crippen molar-refractivity contribution in [2.45, 2.75) is 115 Å². The number of hydrogen-bond donors (Lipinski definition) is 2. The fourth-order valence-corrected chi connectivity index (χ4v) is 7.94. The maximum Gasteiger partial charge on any atom is 0.250 e. The summed E-state index contributed by atoms with van der Waals surface area (Å²) in [6, 6.07) is 0.301. The Morgan fingerprint density at radius 1 is 0.837 bits per heavy atom. The summed E-state index contributed by atoms with van der Waals surface area (Å²) in [6.07, 6.45) is 11.2. The van der Waals surface area contributed by atoms with E-state index in [0.29, 0.717) is 18.1 Å². The maximum atomic E-state index is 13.5. The first-order chi connectivity index (χ1) is 20.5. The molecule has 0 aromatic heterocycles. The van der Waals surface area contributed by atoms with Gasteiger partial charge in [0.2, 0.25) is 11.8 Å². The monoisotopic (exact) mass is 597 g/mol. The van der Waals surface area contributed by atoms with Crippen LogP contribution in [-0.2, 0) is 19.1 Å². The van der Waals surface area contributed by atoms with E-state index in [9.17, 15) is 19.5 Å². The van der Waals surface area contributed by atoms with Crippen LogP contribution in [0.2, 0.25) is 0 Å². The molecule has 0 aromatic carbocycles. The number of methoxy groups -OCH3 is 1. The Hall–Kier alpha value is -3.01. The lowest BCUT2D eigenvalue weighted by atomic mass is 9.92. The van der Waals surface area contributed by atoms with Crippen molar-refractivity contribution in [3.8, 4) is 0 Å². The van der Waals surface area contributed by atoms with Crippen LogP contribution in [0.1, 0.15) is 79.1 Å². The van der Waals surface area contributed by atoms with Gasteiger partial charge in [0.25, 0.3) is 5.91 Å². The van der Waals surface area contributed by atoms with Gasteiger partial charge in [-0.1, -0.05) is 13.8 Å². The molecule has 10 heteroatoms. The highest BCUT2D eigenvalue weighted by molar-refractivity contribution is 5.90. The molecule has 4 atom stereocenters. The topological polar surface area (TPSA) is 106 Å². The van der Waals surface area contributed by atoms with E-state index in [1.165, 1.54) is 0 Å². The van der Waals surface area contributed by atoms with Crippen LogP contribution in [-0.4, -0.2) is 112 Å². The lowest BCUT2D eigenvalue weighted by Gasteiger charge is -2.48. The number of amides is 3. The molecular weight excluding hydrogens is 546 g/mol. The number of aliphatic hydroxyl groups excluding tert-OH is 1. The van der Waals surface area contributed by atoms with Crippen molar-refractivity contribution < 1.29 is 24.2 Å². The number of likely N-dealkylation sites (tertiary alicyclic amines) is 2. The molecule has 2 fully saturated rings. The Balaban J connectivity index is 1.15. The Bertz CT molecular complexity index is 1150. The summed E-state index contributed by atoms with van der Waals surface area (Å²) in [5.41, 5.74) is 2.23. The van der Waals surface area contributed by atoms with Crippen molar-refractivity contribution in [2.24, 2.45) is 5.92 Å². The zero-order chi connectivity index (χ0) is 30.8. The van der Waals surface area contributed by atoms with E-state index in [0.717, 1.165) is 82.5 Å². The van der Waals surface area contributed by atoms with Gasteiger partial charge in [0.05, 0.1) is 19.3 Å². The number of rotatable bonds is 8. The second-order valence-corrected chi connectivity index (χ2v) is 13.6. The minimum Gasteiger partial charge on any atom is -0.501 e. The standard InChI is InChI=1S/C33H51N5O5/c1-21(2)14-24-16-28(17-31(40)34-24)36-10-6-25(7-11-36)37-22(3)15-27(18-32(37)41)35-12-8-26(9-13-35)38-30(23(4)39)19-29(43-5)20-33(38)42/h17-18,20-26,30,39H,6-16,19H2,1-5H3,(H,34,40)/t22-,23?,24+,30+/m0/s1. The van der Waals surface area contributed by atoms with E-state index >= 15 is 0 Å². The van der Waals surface area contributed by atoms with Gasteiger partial charge >= 0.3 is 0 Å². The average Bonchev–Trinajstić information content (AvgIpc) is 2.96. The Morgan fingerprint density at radius 3 is 1.93 bits per heavy atom. The van der Waals surface area contributed by atoms with Gasteiger partial charge in [-0.05, 0) is 51.9 Å². The Morgan fingerprint density at radius 2 is 1.40 bits per heavy atom. The van der Waals surface area contributed by atoms with E-state index < -0.39 is 6.10 Å². The van der Waals surface area contributed by atoms with Crippen LogP contribution < -0.4 is 5.32 Å². The molecular formula is C33H51N5O5. The van der Waals surface area contributed by atoms with E-state index in [1.807, 2.05) is 11.0 Å². The largest absolute Gasteiger partial charge is 0.501 e. The van der Waals surface area contributed by atoms with Gasteiger partial charge < -0.3 is 34.8 Å². The molecule has 0 bridgehead atoms. The lowest BCUT2D eigenvalue weighted by molar-refractivity contribution is -0.137. The minimum absolute atomic E-state index is 0.0120. The molecule has 0 spiro atoms. The molecule has 3 amide bonds. The third-order valence-corrected chi connectivity index (χ3v) is 10.0. The van der Waals surface area contributed by atoms with Crippen LogP contribution in [0.25, 0.3) is 0 Å². The van der Waals surface area contributed by atoms with Gasteiger partial charge in [-0.3, -0.25) is 14.4 Å². The van der Waals surface area contributed by atoms with Gasteiger partial charge in [-0.2, -0.15) is 0 Å². The van der Waals surface area contributed by atoms with Crippen molar-refractivity contribution in [1.82, 2.24) is 24.9 Å². The zero-order valence-electron chi connectivity index (χ0n) is 26.6. The third-order valence-electron chi connectivity index (χ3n) is 10.0. The number of hydrogen-bond acceptors (Lipinski definition) is 7. The van der Waals surface area contributed by atoms with Crippen LogP contribution in [0, 0.1) is 5.92 Å². The predicted molar refractivity (Wildman–Crippen MR) is 164 cm³/mol. The molecule has 0 aromatic rings. The summed E-state index contributed by atoms with van der Waals surface area (Å²) in [5, 5.41) is 13.5. The maximum absolute atomic E-state index is 13.5. The third kappa shape index (κ3) is 7.05. The normalized spacial score (nSPS) is 29.0. The summed E-state index contributed by atoms with van der Waals surface area (Å²) in [7, 11) is 1.57. The van der Waals surface area contributed by atoms with Crippen LogP contribution in [0.3, 0.4) is 0 Å². The number of piperidine rings is 2. The number of carbonyl (C=O) groups is 3. The smallest absolute Gasteiger partial charge is 0.250 e. The van der Waals surface area contributed by atoms with Gasteiger partial charge in [0.15, 0.2) is 0 Å². The second-order valence-electron chi connectivity index (χ2n) is 13.6. The van der Waals surface area contributed by atoms with Crippen LogP contribution in [0.15, 0.2) is 35.4 Å². The quantitative estimate of drug-likeness (QED) is 0.443. The fourth-order valence-electron chi connectivity index (χ4n) is 7.94.